The van der Waals surface area contributed by atoms with E-state index < -0.39 is 0 Å². The molecule has 1 saturated carbocycles. The van der Waals surface area contributed by atoms with Gasteiger partial charge in [-0.25, -0.2) is 0 Å². The fraction of sp³-hybridized carbons (Fsp3) is 0.636. The molecule has 0 N–H and O–H groups in total. The Bertz CT molecular complexity index is 644. The summed E-state index contributed by atoms with van der Waals surface area (Å²) in [5.74, 6) is 1.76. The van der Waals surface area contributed by atoms with Crippen LogP contribution in [-0.2, 0) is 18.4 Å². The molecule has 0 unspecified atom stereocenters. The van der Waals surface area contributed by atoms with Crippen molar-refractivity contribution < 1.29 is 4.74 Å². The highest BCUT2D eigenvalue weighted by molar-refractivity contribution is 5.49. The van der Waals surface area contributed by atoms with E-state index in [9.17, 15) is 0 Å². The van der Waals surface area contributed by atoms with Crippen molar-refractivity contribution in [1.29, 1.82) is 0 Å². The monoisotopic (exact) mass is 325 g/mol. The van der Waals surface area contributed by atoms with Gasteiger partial charge in [0.15, 0.2) is 0 Å². The van der Waals surface area contributed by atoms with Crippen molar-refractivity contribution in [2.45, 2.75) is 63.8 Å². The van der Waals surface area contributed by atoms with E-state index in [0.717, 1.165) is 12.3 Å². The number of likely N-dealkylation sites (tertiary alicyclic amines) is 1. The zero-order valence-electron chi connectivity index (χ0n) is 15.4. The lowest BCUT2D eigenvalue weighted by Gasteiger charge is -2.48. The van der Waals surface area contributed by atoms with Gasteiger partial charge < -0.3 is 4.74 Å². The Kier molecular flexibility index (Phi) is 4.20. The Morgan fingerprint density at radius 1 is 1.21 bits per heavy atom. The lowest BCUT2D eigenvalue weighted by molar-refractivity contribution is 0.234. The van der Waals surface area contributed by atoms with Crippen LogP contribution in [0.15, 0.2) is 24.3 Å². The molecule has 0 spiro atoms. The van der Waals surface area contributed by atoms with Crippen molar-refractivity contribution in [2.75, 3.05) is 20.2 Å². The van der Waals surface area contributed by atoms with Crippen LogP contribution < -0.4 is 4.74 Å². The number of aryl methyl sites for hydroxylation is 1. The summed E-state index contributed by atoms with van der Waals surface area (Å²) in [5.41, 5.74) is 6.24. The molecular formula is C22H31NO. The normalized spacial score (nSPS) is 30.1. The van der Waals surface area contributed by atoms with Crippen LogP contribution in [-0.4, -0.2) is 25.1 Å². The molecule has 3 aliphatic rings. The highest BCUT2D eigenvalue weighted by Crippen LogP contribution is 2.52. The molecule has 2 atom stereocenters. The zero-order valence-corrected chi connectivity index (χ0v) is 15.4. The fourth-order valence-electron chi connectivity index (χ4n) is 5.54. The molecule has 130 valence electrons. The van der Waals surface area contributed by atoms with Crippen LogP contribution in [0.5, 0.6) is 5.75 Å². The van der Waals surface area contributed by atoms with Gasteiger partial charge in [0.05, 0.1) is 7.11 Å². The summed E-state index contributed by atoms with van der Waals surface area (Å²) in [7, 11) is 1.83. The molecule has 0 amide bonds. The van der Waals surface area contributed by atoms with Crippen LogP contribution in [0.1, 0.15) is 62.1 Å². The quantitative estimate of drug-likeness (QED) is 0.737. The van der Waals surface area contributed by atoms with Crippen molar-refractivity contribution >= 4 is 0 Å². The molecule has 1 heterocycles. The van der Waals surface area contributed by atoms with Crippen LogP contribution in [0.3, 0.4) is 0 Å². The number of allylic oxidation sites excluding steroid dienone is 1. The van der Waals surface area contributed by atoms with E-state index in [4.69, 9.17) is 4.74 Å². The predicted molar refractivity (Wildman–Crippen MR) is 99.7 cm³/mol. The summed E-state index contributed by atoms with van der Waals surface area (Å²) in [4.78, 5) is 2.57. The molecule has 1 aromatic carbocycles. The van der Waals surface area contributed by atoms with E-state index in [1.165, 1.54) is 69.2 Å². The largest absolute Gasteiger partial charge is 0.496 e. The van der Waals surface area contributed by atoms with Gasteiger partial charge in [-0.1, -0.05) is 25.1 Å². The number of nitrogens with zero attached hydrogens (tertiary/aromatic N) is 1. The van der Waals surface area contributed by atoms with E-state index in [-0.39, 0.29) is 5.41 Å². The number of ether oxygens (including phenoxy) is 1. The van der Waals surface area contributed by atoms with Gasteiger partial charge in [0.25, 0.3) is 0 Å². The Morgan fingerprint density at radius 2 is 2.00 bits per heavy atom. The minimum atomic E-state index is 0.266. The Balaban J connectivity index is 1.71. The first-order valence-corrected chi connectivity index (χ1v) is 9.72. The molecule has 0 aromatic heterocycles. The summed E-state index contributed by atoms with van der Waals surface area (Å²) < 4.78 is 5.82. The lowest BCUT2D eigenvalue weighted by Crippen LogP contribution is -2.40. The first kappa shape index (κ1) is 16.2. The van der Waals surface area contributed by atoms with Crippen molar-refractivity contribution in [2.24, 2.45) is 5.92 Å². The highest BCUT2D eigenvalue weighted by Gasteiger charge is 2.43. The van der Waals surface area contributed by atoms with Crippen LogP contribution in [0.4, 0.5) is 0 Å². The van der Waals surface area contributed by atoms with E-state index in [0.29, 0.717) is 5.92 Å². The molecule has 2 heteroatoms. The molecule has 2 nitrogen and oxygen atoms in total. The van der Waals surface area contributed by atoms with Crippen molar-refractivity contribution in [3.05, 3.63) is 41.0 Å². The van der Waals surface area contributed by atoms with Gasteiger partial charge in [0.2, 0.25) is 0 Å². The van der Waals surface area contributed by atoms with Crippen molar-refractivity contribution in [3.8, 4) is 5.75 Å². The van der Waals surface area contributed by atoms with Crippen LogP contribution >= 0.6 is 0 Å². The summed E-state index contributed by atoms with van der Waals surface area (Å²) in [5, 5.41) is 0. The van der Waals surface area contributed by atoms with E-state index >= 15 is 0 Å². The number of hydrogen-bond donors (Lipinski definition) is 0. The highest BCUT2D eigenvalue weighted by atomic mass is 16.5. The van der Waals surface area contributed by atoms with Crippen LogP contribution in [0, 0.1) is 5.92 Å². The fourth-order valence-corrected chi connectivity index (χ4v) is 5.54. The Hall–Kier alpha value is -1.28. The summed E-state index contributed by atoms with van der Waals surface area (Å²) >= 11 is 0. The average Bonchev–Trinajstić information content (AvgIpc) is 3.07. The SMILES string of the molecule is C=C1CCC[C@]2(C)c3cc(OC)c(CN4CCCC4)cc3CC[C@@H]12. The van der Waals surface area contributed by atoms with Gasteiger partial charge in [-0.15, -0.1) is 0 Å². The third kappa shape index (κ3) is 2.60. The van der Waals surface area contributed by atoms with Gasteiger partial charge in [0.1, 0.15) is 5.75 Å². The van der Waals surface area contributed by atoms with Gasteiger partial charge >= 0.3 is 0 Å². The number of fused-ring (bicyclic) bond motifs is 3. The molecular weight excluding hydrogens is 294 g/mol. The van der Waals surface area contributed by atoms with Gasteiger partial charge in [-0.2, -0.15) is 0 Å². The molecule has 1 saturated heterocycles. The third-order valence-corrected chi connectivity index (χ3v) is 6.87. The number of rotatable bonds is 3. The van der Waals surface area contributed by atoms with Crippen molar-refractivity contribution in [3.63, 3.8) is 0 Å². The first-order valence-electron chi connectivity index (χ1n) is 9.72. The molecule has 0 bridgehead atoms. The summed E-state index contributed by atoms with van der Waals surface area (Å²) in [6.45, 7) is 10.4. The molecule has 2 aliphatic carbocycles. The van der Waals surface area contributed by atoms with Gasteiger partial charge in [0, 0.05) is 12.1 Å². The average molecular weight is 325 g/mol. The second-order valence-electron chi connectivity index (χ2n) is 8.32. The maximum Gasteiger partial charge on any atom is 0.123 e. The molecule has 1 aromatic rings. The Labute approximate surface area is 146 Å². The number of hydrogen-bond acceptors (Lipinski definition) is 2. The minimum absolute atomic E-state index is 0.266. The number of benzene rings is 1. The van der Waals surface area contributed by atoms with Crippen molar-refractivity contribution in [1.82, 2.24) is 4.90 Å². The molecule has 0 radical (unpaired) electrons. The standard InChI is InChI=1S/C22H31NO/c1-16-7-6-10-22(2)19(16)9-8-17-13-18(15-23-11-4-5-12-23)21(24-3)14-20(17)22/h13-14,19H,1,4-12,15H2,2-3H3/t19-,22-/m0/s1. The maximum atomic E-state index is 5.82. The van der Waals surface area contributed by atoms with Crippen LogP contribution in [0.2, 0.25) is 0 Å². The zero-order chi connectivity index (χ0) is 16.7. The predicted octanol–water partition coefficient (Wildman–Crippen LogP) is 4.85. The second-order valence-corrected chi connectivity index (χ2v) is 8.32. The summed E-state index contributed by atoms with van der Waals surface area (Å²) in [6.07, 6.45) is 8.95. The molecule has 4 rings (SSSR count). The molecule has 2 fully saturated rings. The Morgan fingerprint density at radius 3 is 2.75 bits per heavy atom. The molecule has 24 heavy (non-hydrogen) atoms. The minimum Gasteiger partial charge on any atom is -0.496 e. The van der Waals surface area contributed by atoms with E-state index in [1.807, 2.05) is 7.11 Å². The smallest absolute Gasteiger partial charge is 0.123 e. The second kappa shape index (κ2) is 6.22. The maximum absolute atomic E-state index is 5.82. The summed E-state index contributed by atoms with van der Waals surface area (Å²) in [6, 6.07) is 4.84. The van der Waals surface area contributed by atoms with E-state index in [2.05, 4.69) is 30.5 Å². The first-order chi connectivity index (χ1) is 11.6. The lowest BCUT2D eigenvalue weighted by atomic mass is 9.57. The van der Waals surface area contributed by atoms with E-state index in [1.54, 1.807) is 11.1 Å². The molecule has 1 aliphatic heterocycles. The third-order valence-electron chi connectivity index (χ3n) is 6.87. The topological polar surface area (TPSA) is 12.5 Å². The number of methoxy groups -OCH3 is 1. The van der Waals surface area contributed by atoms with Gasteiger partial charge in [-0.05, 0) is 86.6 Å². The van der Waals surface area contributed by atoms with Crippen LogP contribution in [0.25, 0.3) is 0 Å². The van der Waals surface area contributed by atoms with Gasteiger partial charge in [-0.3, -0.25) is 4.90 Å².